The van der Waals surface area contributed by atoms with Gasteiger partial charge in [-0.15, -0.1) is 11.8 Å². The average molecular weight is 463 g/mol. The lowest BCUT2D eigenvalue weighted by Crippen LogP contribution is -2.14. The molecule has 0 fully saturated rings. The molecule has 0 aliphatic carbocycles. The maximum Gasteiger partial charge on any atom is 0.357 e. The van der Waals surface area contributed by atoms with E-state index in [0.29, 0.717) is 34.3 Å². The summed E-state index contributed by atoms with van der Waals surface area (Å²) >= 11 is 1.35. The average Bonchev–Trinajstić information content (AvgIpc) is 2.80. The number of nitrogen functional groups attached to an aromatic ring is 1. The van der Waals surface area contributed by atoms with Gasteiger partial charge in [-0.3, -0.25) is 4.79 Å². The Morgan fingerprint density at radius 2 is 1.94 bits per heavy atom. The highest BCUT2D eigenvalue weighted by molar-refractivity contribution is 7.99. The van der Waals surface area contributed by atoms with E-state index >= 15 is 0 Å². The van der Waals surface area contributed by atoms with Crippen LogP contribution in [-0.2, 0) is 14.3 Å². The van der Waals surface area contributed by atoms with Crippen molar-refractivity contribution in [2.75, 3.05) is 25.2 Å². The third kappa shape index (κ3) is 7.51. The minimum absolute atomic E-state index is 0.0538. The Balaban J connectivity index is 2.05. The molecular weight excluding hydrogens is 431 g/mol. The van der Waals surface area contributed by atoms with Crippen molar-refractivity contribution in [1.82, 2.24) is 4.98 Å². The van der Waals surface area contributed by atoms with E-state index in [9.17, 15) is 14.0 Å². The number of methoxy groups -OCH3 is 1. The number of ether oxygens (including phenoxy) is 2. The lowest BCUT2D eigenvalue weighted by Gasteiger charge is -2.15. The molecule has 32 heavy (non-hydrogen) atoms. The molecule has 1 aromatic carbocycles. The van der Waals surface area contributed by atoms with Crippen molar-refractivity contribution >= 4 is 29.5 Å². The van der Waals surface area contributed by atoms with Gasteiger partial charge in [0.05, 0.1) is 25.0 Å². The number of pyridine rings is 1. The van der Waals surface area contributed by atoms with Crippen molar-refractivity contribution in [1.29, 1.82) is 0 Å². The highest BCUT2D eigenvalue weighted by atomic mass is 32.2. The third-order valence-corrected chi connectivity index (χ3v) is 6.18. The zero-order valence-electron chi connectivity index (χ0n) is 18.9. The van der Waals surface area contributed by atoms with Crippen LogP contribution in [0.3, 0.4) is 0 Å². The minimum atomic E-state index is -0.635. The van der Waals surface area contributed by atoms with E-state index in [0.717, 1.165) is 25.7 Å². The lowest BCUT2D eigenvalue weighted by molar-refractivity contribution is -0.144. The highest BCUT2D eigenvalue weighted by Gasteiger charge is 2.19. The van der Waals surface area contributed by atoms with Crippen LogP contribution >= 0.6 is 11.8 Å². The van der Waals surface area contributed by atoms with Gasteiger partial charge in [-0.1, -0.05) is 45.2 Å². The number of aromatic nitrogens is 1. The highest BCUT2D eigenvalue weighted by Crippen LogP contribution is 2.32. The first-order chi connectivity index (χ1) is 15.4. The molecule has 0 bridgehead atoms. The molecule has 0 spiro atoms. The third-order valence-electron chi connectivity index (χ3n) is 5.14. The first kappa shape index (κ1) is 25.6. The first-order valence-electron chi connectivity index (χ1n) is 10.8. The van der Waals surface area contributed by atoms with Gasteiger partial charge >= 0.3 is 11.9 Å². The van der Waals surface area contributed by atoms with Crippen LogP contribution in [0.4, 0.5) is 10.2 Å². The number of nitrogens with two attached hydrogens (primary N) is 1. The number of benzene rings is 1. The number of nitrogens with zero attached hydrogens (tertiary/aromatic N) is 1. The van der Waals surface area contributed by atoms with Crippen molar-refractivity contribution in [3.63, 3.8) is 0 Å². The number of halogens is 1. The van der Waals surface area contributed by atoms with E-state index in [-0.39, 0.29) is 29.7 Å². The van der Waals surface area contributed by atoms with Gasteiger partial charge in [-0.2, -0.15) is 0 Å². The molecule has 0 amide bonds. The van der Waals surface area contributed by atoms with Crippen molar-refractivity contribution in [3.05, 3.63) is 41.8 Å². The Labute approximate surface area is 193 Å². The van der Waals surface area contributed by atoms with Crippen LogP contribution in [0.15, 0.2) is 35.2 Å². The van der Waals surface area contributed by atoms with Crippen LogP contribution < -0.4 is 5.73 Å². The summed E-state index contributed by atoms with van der Waals surface area (Å²) in [4.78, 5) is 29.1. The molecule has 8 heteroatoms. The summed E-state index contributed by atoms with van der Waals surface area (Å²) in [6.07, 6.45) is 4.55. The van der Waals surface area contributed by atoms with E-state index in [1.165, 1.54) is 31.0 Å². The number of anilines is 1. The van der Waals surface area contributed by atoms with Crippen LogP contribution in [0.2, 0.25) is 0 Å². The minimum Gasteiger partial charge on any atom is -0.465 e. The van der Waals surface area contributed by atoms with E-state index < -0.39 is 5.97 Å². The smallest absolute Gasteiger partial charge is 0.357 e. The van der Waals surface area contributed by atoms with Crippen molar-refractivity contribution in [3.8, 4) is 11.1 Å². The fraction of sp³-hybridized carbons (Fsp3) is 0.458. The van der Waals surface area contributed by atoms with Gasteiger partial charge < -0.3 is 15.2 Å². The number of unbranched alkanes of at least 4 members (excludes halogenated alkanes) is 1. The number of thioether (sulfide) groups is 1. The zero-order valence-corrected chi connectivity index (χ0v) is 19.7. The summed E-state index contributed by atoms with van der Waals surface area (Å²) in [6, 6.07) is 7.45. The Morgan fingerprint density at radius 3 is 2.56 bits per heavy atom. The van der Waals surface area contributed by atoms with E-state index in [1.807, 2.05) is 0 Å². The first-order valence-corrected chi connectivity index (χ1v) is 11.8. The van der Waals surface area contributed by atoms with Crippen molar-refractivity contribution in [2.24, 2.45) is 5.92 Å². The predicted molar refractivity (Wildman–Crippen MR) is 125 cm³/mol. The number of esters is 2. The Morgan fingerprint density at radius 1 is 1.22 bits per heavy atom. The number of hydrogen-bond acceptors (Lipinski definition) is 7. The van der Waals surface area contributed by atoms with Gasteiger partial charge in [-0.05, 0) is 36.1 Å². The second kappa shape index (κ2) is 13.1. The van der Waals surface area contributed by atoms with Crippen molar-refractivity contribution in [2.45, 2.75) is 50.8 Å². The summed E-state index contributed by atoms with van der Waals surface area (Å²) in [5, 5.41) is 0. The van der Waals surface area contributed by atoms with Crippen LogP contribution in [0.5, 0.6) is 0 Å². The standard InChI is InChI=1S/C24H31FN2O4S/c1-4-6-7-16(5-2)15-31-21(28)12-13-32-20-14-19(17-8-10-18(25)11-9-17)22(24(29)30-3)27-23(20)26/h8-11,14,16H,4-7,12-13,15H2,1-3H3,(H2,26,27). The number of carbonyl (C=O) groups excluding carboxylic acids is 2. The normalized spacial score (nSPS) is 11.8. The molecule has 2 N–H and O–H groups in total. The molecule has 6 nitrogen and oxygen atoms in total. The molecule has 0 saturated carbocycles. The van der Waals surface area contributed by atoms with E-state index in [1.54, 1.807) is 18.2 Å². The summed E-state index contributed by atoms with van der Waals surface area (Å²) < 4.78 is 23.6. The SMILES string of the molecule is CCCCC(CC)COC(=O)CCSc1cc(-c2ccc(F)cc2)c(C(=O)OC)nc1N. The van der Waals surface area contributed by atoms with E-state index in [4.69, 9.17) is 15.2 Å². The molecule has 2 aromatic rings. The molecule has 0 aliphatic heterocycles. The molecule has 1 unspecified atom stereocenters. The predicted octanol–water partition coefficient (Wildman–Crippen LogP) is 5.50. The maximum atomic E-state index is 13.3. The van der Waals surface area contributed by atoms with Gasteiger partial charge in [0, 0.05) is 11.3 Å². The topological polar surface area (TPSA) is 91.5 Å². The molecule has 0 radical (unpaired) electrons. The number of rotatable bonds is 12. The Bertz CT molecular complexity index is 906. The second-order valence-corrected chi connectivity index (χ2v) is 8.60. The summed E-state index contributed by atoms with van der Waals surface area (Å²) in [7, 11) is 1.26. The molecule has 1 heterocycles. The number of carbonyl (C=O) groups is 2. The zero-order chi connectivity index (χ0) is 23.5. The maximum absolute atomic E-state index is 13.3. The van der Waals surface area contributed by atoms with Gasteiger partial charge in [0.1, 0.15) is 11.6 Å². The number of hydrogen-bond donors (Lipinski definition) is 1. The van der Waals surface area contributed by atoms with Crippen LogP contribution in [0.25, 0.3) is 11.1 Å². The summed E-state index contributed by atoms with van der Waals surface area (Å²) in [5.74, 6) is -0.244. The lowest BCUT2D eigenvalue weighted by atomic mass is 10.0. The van der Waals surface area contributed by atoms with E-state index in [2.05, 4.69) is 18.8 Å². The van der Waals surface area contributed by atoms with Gasteiger partial charge in [0.2, 0.25) is 0 Å². The summed E-state index contributed by atoms with van der Waals surface area (Å²) in [5.41, 5.74) is 7.20. The monoisotopic (exact) mass is 462 g/mol. The molecule has 2 rings (SSSR count). The quantitative estimate of drug-likeness (QED) is 0.329. The molecule has 1 atom stereocenters. The Kier molecular flexibility index (Phi) is 10.5. The molecule has 0 saturated heterocycles. The molecule has 174 valence electrons. The van der Waals surface area contributed by atoms with Crippen LogP contribution in [-0.4, -0.2) is 36.4 Å². The fourth-order valence-corrected chi connectivity index (χ4v) is 4.04. The Hall–Kier alpha value is -2.61. The van der Waals surface area contributed by atoms with Gasteiger partial charge in [0.25, 0.3) is 0 Å². The van der Waals surface area contributed by atoms with Crippen molar-refractivity contribution < 1.29 is 23.5 Å². The van der Waals surface area contributed by atoms with Crippen LogP contribution in [0, 0.1) is 11.7 Å². The largest absolute Gasteiger partial charge is 0.465 e. The van der Waals surface area contributed by atoms with Gasteiger partial charge in [-0.25, -0.2) is 14.2 Å². The fourth-order valence-electron chi connectivity index (χ4n) is 3.15. The van der Waals surface area contributed by atoms with Gasteiger partial charge in [0.15, 0.2) is 5.69 Å². The molecular formula is C24H31FN2O4S. The second-order valence-electron chi connectivity index (χ2n) is 7.46. The summed E-state index contributed by atoms with van der Waals surface area (Å²) in [6.45, 7) is 4.71. The molecule has 1 aromatic heterocycles. The van der Waals surface area contributed by atoms with Crippen LogP contribution in [0.1, 0.15) is 56.4 Å². The molecule has 0 aliphatic rings.